The minimum Gasteiger partial charge on any atom is -0.370 e. The van der Waals surface area contributed by atoms with E-state index in [2.05, 4.69) is 38.3 Å². The van der Waals surface area contributed by atoms with Crippen molar-refractivity contribution in [1.29, 1.82) is 0 Å². The minimum absolute atomic E-state index is 0.720. The Kier molecular flexibility index (Phi) is 2.81. The third-order valence-electron chi connectivity index (χ3n) is 3.49. The highest BCUT2D eigenvalue weighted by molar-refractivity contribution is 6.99. The van der Waals surface area contributed by atoms with Crippen molar-refractivity contribution in [2.75, 3.05) is 12.4 Å². The molecule has 1 heterocycles. The van der Waals surface area contributed by atoms with Crippen molar-refractivity contribution in [3.63, 3.8) is 0 Å². The van der Waals surface area contributed by atoms with Gasteiger partial charge in [0.15, 0.2) is 5.82 Å². The lowest BCUT2D eigenvalue weighted by Gasteiger charge is -2.27. The van der Waals surface area contributed by atoms with Gasteiger partial charge in [-0.1, -0.05) is 30.7 Å². The summed E-state index contributed by atoms with van der Waals surface area (Å²) in [7, 11) is 1.90. The van der Waals surface area contributed by atoms with Crippen molar-refractivity contribution < 1.29 is 0 Å². The molecule has 4 heteroatoms. The lowest BCUT2D eigenvalue weighted by molar-refractivity contribution is 0.420. The summed E-state index contributed by atoms with van der Waals surface area (Å²) in [6, 6.07) is 8.59. The molecule has 2 aromatic rings. The highest BCUT2D eigenvalue weighted by Crippen LogP contribution is 2.41. The maximum atomic E-state index is 4.43. The minimum atomic E-state index is 0.720. The van der Waals surface area contributed by atoms with E-state index in [0.717, 1.165) is 17.4 Å². The van der Waals surface area contributed by atoms with E-state index < -0.39 is 0 Å². The first-order chi connectivity index (χ1) is 8.40. The van der Waals surface area contributed by atoms with Gasteiger partial charge < -0.3 is 5.32 Å². The van der Waals surface area contributed by atoms with E-state index in [0.29, 0.717) is 0 Å². The van der Waals surface area contributed by atoms with E-state index in [1.54, 1.807) is 0 Å². The fraction of sp³-hybridized carbons (Fsp3) is 0.385. The molecule has 3 rings (SSSR count). The molecule has 1 aliphatic rings. The predicted octanol–water partition coefficient (Wildman–Crippen LogP) is 3.51. The van der Waals surface area contributed by atoms with Crippen LogP contribution in [0, 0.1) is 0 Å². The monoisotopic (exact) mass is 245 g/mol. The zero-order valence-electron chi connectivity index (χ0n) is 9.81. The molecule has 3 nitrogen and oxygen atoms in total. The molecule has 0 amide bonds. The van der Waals surface area contributed by atoms with Gasteiger partial charge >= 0.3 is 0 Å². The van der Waals surface area contributed by atoms with Gasteiger partial charge in [-0.05, 0) is 24.3 Å². The molecule has 1 fully saturated rings. The lowest BCUT2D eigenvalue weighted by atomic mass is 9.78. The first-order valence-corrected chi connectivity index (χ1v) is 6.73. The summed E-state index contributed by atoms with van der Waals surface area (Å²) in [5.41, 5.74) is 3.68. The molecule has 0 unspecified atom stereocenters. The van der Waals surface area contributed by atoms with Gasteiger partial charge in [0.25, 0.3) is 0 Å². The van der Waals surface area contributed by atoms with Gasteiger partial charge in [0, 0.05) is 12.6 Å². The van der Waals surface area contributed by atoms with Gasteiger partial charge in [0.2, 0.25) is 0 Å². The summed E-state index contributed by atoms with van der Waals surface area (Å²) in [6.07, 6.45) is 3.97. The van der Waals surface area contributed by atoms with Crippen LogP contribution in [0.25, 0.3) is 11.3 Å². The normalized spacial score (nSPS) is 15.6. The smallest absolute Gasteiger partial charge is 0.167 e. The number of aromatic nitrogens is 2. The molecule has 88 valence electrons. The van der Waals surface area contributed by atoms with E-state index in [1.807, 2.05) is 7.05 Å². The van der Waals surface area contributed by atoms with Crippen LogP contribution in [0.2, 0.25) is 0 Å². The van der Waals surface area contributed by atoms with E-state index in [-0.39, 0.29) is 0 Å². The maximum absolute atomic E-state index is 4.43. The molecule has 0 aliphatic heterocycles. The molecule has 0 atom stereocenters. The number of benzene rings is 1. The molecule has 1 aromatic carbocycles. The van der Waals surface area contributed by atoms with Crippen LogP contribution >= 0.6 is 11.7 Å². The Balaban J connectivity index is 2.07. The van der Waals surface area contributed by atoms with Crippen LogP contribution in [0.1, 0.15) is 30.7 Å². The molecule has 1 aliphatic carbocycles. The second kappa shape index (κ2) is 4.45. The van der Waals surface area contributed by atoms with Crippen LogP contribution in [-0.2, 0) is 0 Å². The van der Waals surface area contributed by atoms with Gasteiger partial charge in [-0.15, -0.1) is 0 Å². The first kappa shape index (κ1) is 10.7. The van der Waals surface area contributed by atoms with E-state index in [9.17, 15) is 0 Å². The molecule has 1 aromatic heterocycles. The second-order valence-corrected chi connectivity index (χ2v) is 4.95. The molecule has 0 spiro atoms. The summed E-state index contributed by atoms with van der Waals surface area (Å²) in [5, 5.41) is 3.11. The van der Waals surface area contributed by atoms with Crippen LogP contribution in [0.15, 0.2) is 24.3 Å². The molecular weight excluding hydrogens is 230 g/mol. The van der Waals surface area contributed by atoms with Crippen molar-refractivity contribution in [2.45, 2.75) is 25.2 Å². The number of anilines is 1. The summed E-state index contributed by atoms with van der Waals surface area (Å²) < 4.78 is 8.70. The quantitative estimate of drug-likeness (QED) is 0.899. The van der Waals surface area contributed by atoms with Gasteiger partial charge in [-0.3, -0.25) is 0 Å². The SMILES string of the molecule is CNc1nsnc1-c1ccccc1C1CCC1. The zero-order valence-corrected chi connectivity index (χ0v) is 10.6. The molecule has 17 heavy (non-hydrogen) atoms. The van der Waals surface area contributed by atoms with Crippen LogP contribution in [-0.4, -0.2) is 15.8 Å². The average molecular weight is 245 g/mol. The van der Waals surface area contributed by atoms with Crippen molar-refractivity contribution in [3.05, 3.63) is 29.8 Å². The Morgan fingerprint density at radius 2 is 2.06 bits per heavy atom. The van der Waals surface area contributed by atoms with E-state index >= 15 is 0 Å². The number of nitrogens with zero attached hydrogens (tertiary/aromatic N) is 2. The van der Waals surface area contributed by atoms with Crippen LogP contribution in [0.3, 0.4) is 0 Å². The largest absolute Gasteiger partial charge is 0.370 e. The van der Waals surface area contributed by atoms with Gasteiger partial charge in [0.05, 0.1) is 11.7 Å². The van der Waals surface area contributed by atoms with E-state index in [1.165, 1.54) is 42.1 Å². The van der Waals surface area contributed by atoms with Crippen molar-refractivity contribution in [1.82, 2.24) is 8.75 Å². The Labute approximate surface area is 105 Å². The summed E-state index contributed by atoms with van der Waals surface area (Å²) in [5.74, 6) is 1.61. The molecule has 1 saturated carbocycles. The standard InChI is InChI=1S/C13H15N3S/c1-14-13-12(15-17-16-13)11-8-3-2-7-10(11)9-5-4-6-9/h2-3,7-9H,4-6H2,1H3,(H,14,16). The second-order valence-electron chi connectivity index (χ2n) is 4.43. The van der Waals surface area contributed by atoms with Crippen LogP contribution in [0.4, 0.5) is 5.82 Å². The Bertz CT molecular complexity index is 517. The maximum Gasteiger partial charge on any atom is 0.167 e. The molecular formula is C13H15N3S. The van der Waals surface area contributed by atoms with Crippen LogP contribution < -0.4 is 5.32 Å². The van der Waals surface area contributed by atoms with Crippen molar-refractivity contribution in [2.24, 2.45) is 0 Å². The molecule has 0 saturated heterocycles. The molecule has 0 radical (unpaired) electrons. The summed E-state index contributed by atoms with van der Waals surface area (Å²) >= 11 is 1.27. The number of hydrogen-bond donors (Lipinski definition) is 1. The topological polar surface area (TPSA) is 37.8 Å². The fourth-order valence-corrected chi connectivity index (χ4v) is 2.88. The Morgan fingerprint density at radius 1 is 1.24 bits per heavy atom. The highest BCUT2D eigenvalue weighted by atomic mass is 32.1. The zero-order chi connectivity index (χ0) is 11.7. The number of nitrogens with one attached hydrogen (secondary N) is 1. The fourth-order valence-electron chi connectivity index (χ4n) is 2.32. The Hall–Kier alpha value is -1.42. The van der Waals surface area contributed by atoms with Gasteiger partial charge in [0.1, 0.15) is 5.69 Å². The molecule has 1 N–H and O–H groups in total. The number of hydrogen-bond acceptors (Lipinski definition) is 4. The summed E-state index contributed by atoms with van der Waals surface area (Å²) in [6.45, 7) is 0. The highest BCUT2D eigenvalue weighted by Gasteiger charge is 2.24. The predicted molar refractivity (Wildman–Crippen MR) is 71.5 cm³/mol. The van der Waals surface area contributed by atoms with Crippen molar-refractivity contribution in [3.8, 4) is 11.3 Å². The lowest BCUT2D eigenvalue weighted by Crippen LogP contribution is -2.10. The third-order valence-corrected chi connectivity index (χ3v) is 4.01. The van der Waals surface area contributed by atoms with Crippen molar-refractivity contribution >= 4 is 17.5 Å². The Morgan fingerprint density at radius 3 is 2.76 bits per heavy atom. The van der Waals surface area contributed by atoms with E-state index in [4.69, 9.17) is 0 Å². The average Bonchev–Trinajstić information content (AvgIpc) is 2.75. The number of rotatable bonds is 3. The van der Waals surface area contributed by atoms with Crippen LogP contribution in [0.5, 0.6) is 0 Å². The first-order valence-electron chi connectivity index (χ1n) is 5.99. The van der Waals surface area contributed by atoms with Gasteiger partial charge in [-0.2, -0.15) is 8.75 Å². The summed E-state index contributed by atoms with van der Waals surface area (Å²) in [4.78, 5) is 0. The third kappa shape index (κ3) is 1.82. The molecule has 0 bridgehead atoms. The van der Waals surface area contributed by atoms with Gasteiger partial charge in [-0.25, -0.2) is 0 Å².